The molecule has 1 N–H and O–H groups in total. The van der Waals surface area contributed by atoms with Gasteiger partial charge in [0.25, 0.3) is 15.9 Å². The van der Waals surface area contributed by atoms with Crippen molar-refractivity contribution in [2.24, 2.45) is 0 Å². The predicted octanol–water partition coefficient (Wildman–Crippen LogP) is 4.82. The molecule has 34 heavy (non-hydrogen) atoms. The molecule has 8 nitrogen and oxygen atoms in total. The van der Waals surface area contributed by atoms with Crippen LogP contribution in [0.2, 0.25) is 0 Å². The molecule has 0 bridgehead atoms. The number of nitrogens with one attached hydrogen (secondary N) is 1. The van der Waals surface area contributed by atoms with Gasteiger partial charge in [-0.2, -0.15) is 0 Å². The van der Waals surface area contributed by atoms with Crippen molar-refractivity contribution >= 4 is 27.6 Å². The summed E-state index contributed by atoms with van der Waals surface area (Å²) in [6.45, 7) is 5.98. The first-order chi connectivity index (χ1) is 16.3. The van der Waals surface area contributed by atoms with Crippen molar-refractivity contribution in [3.8, 4) is 11.5 Å². The third kappa shape index (κ3) is 4.69. The number of hydrogen-bond acceptors (Lipinski definition) is 6. The molecule has 0 fully saturated rings. The van der Waals surface area contributed by atoms with E-state index in [2.05, 4.69) is 15.5 Å². The van der Waals surface area contributed by atoms with Crippen LogP contribution in [-0.2, 0) is 10.0 Å². The van der Waals surface area contributed by atoms with E-state index < -0.39 is 15.9 Å². The van der Waals surface area contributed by atoms with Gasteiger partial charge in [-0.1, -0.05) is 41.0 Å². The van der Waals surface area contributed by atoms with Crippen LogP contribution < -0.4 is 9.62 Å². The van der Waals surface area contributed by atoms with Gasteiger partial charge in [0, 0.05) is 17.7 Å². The average molecular weight is 477 g/mol. The quantitative estimate of drug-likeness (QED) is 0.410. The molecule has 1 heterocycles. The van der Waals surface area contributed by atoms with Gasteiger partial charge in [-0.05, 0) is 68.8 Å². The number of sulfonamides is 1. The second-order valence-electron chi connectivity index (χ2n) is 7.71. The van der Waals surface area contributed by atoms with Gasteiger partial charge in [0.2, 0.25) is 5.89 Å². The number of nitrogens with zero attached hydrogens (tertiary/aromatic N) is 3. The fourth-order valence-electron chi connectivity index (χ4n) is 3.60. The lowest BCUT2D eigenvalue weighted by atomic mass is 10.1. The lowest BCUT2D eigenvalue weighted by Crippen LogP contribution is -2.30. The Bertz CT molecular complexity index is 1420. The van der Waals surface area contributed by atoms with Gasteiger partial charge in [0.15, 0.2) is 0 Å². The topological polar surface area (TPSA) is 105 Å². The van der Waals surface area contributed by atoms with E-state index in [9.17, 15) is 13.2 Å². The minimum atomic E-state index is -3.78. The van der Waals surface area contributed by atoms with Crippen LogP contribution in [0.25, 0.3) is 11.5 Å². The summed E-state index contributed by atoms with van der Waals surface area (Å²) in [4.78, 5) is 12.7. The van der Waals surface area contributed by atoms with Crippen molar-refractivity contribution in [1.29, 1.82) is 0 Å². The van der Waals surface area contributed by atoms with Gasteiger partial charge in [-0.25, -0.2) is 8.42 Å². The highest BCUT2D eigenvalue weighted by Crippen LogP contribution is 2.25. The summed E-state index contributed by atoms with van der Waals surface area (Å²) in [5, 5.41) is 10.5. The summed E-state index contributed by atoms with van der Waals surface area (Å²) < 4.78 is 33.1. The molecule has 0 radical (unpaired) electrons. The molecule has 174 valence electrons. The monoisotopic (exact) mass is 476 g/mol. The van der Waals surface area contributed by atoms with E-state index >= 15 is 0 Å². The molecule has 0 atom stereocenters. The van der Waals surface area contributed by atoms with Crippen LogP contribution in [0.4, 0.5) is 11.7 Å². The van der Waals surface area contributed by atoms with Gasteiger partial charge >= 0.3 is 6.01 Å². The third-order valence-electron chi connectivity index (χ3n) is 5.29. The zero-order chi connectivity index (χ0) is 24.3. The first kappa shape index (κ1) is 23.2. The highest BCUT2D eigenvalue weighted by molar-refractivity contribution is 7.92. The number of aromatic nitrogens is 2. The molecule has 0 aliphatic heterocycles. The Balaban J connectivity index is 1.50. The van der Waals surface area contributed by atoms with E-state index in [0.717, 1.165) is 16.7 Å². The molecule has 0 aliphatic rings. The number of aryl methyl sites for hydroxylation is 2. The number of carbonyl (C=O) groups excluding carboxylic acids is 1. The van der Waals surface area contributed by atoms with E-state index in [1.165, 1.54) is 28.6 Å². The second-order valence-corrected chi connectivity index (χ2v) is 9.58. The Morgan fingerprint density at radius 1 is 0.971 bits per heavy atom. The molecule has 0 saturated carbocycles. The summed E-state index contributed by atoms with van der Waals surface area (Å²) in [6.07, 6.45) is 0. The fourth-order valence-corrected chi connectivity index (χ4v) is 5.07. The smallest absolute Gasteiger partial charge is 0.322 e. The maximum absolute atomic E-state index is 13.1. The second kappa shape index (κ2) is 9.48. The molecule has 9 heteroatoms. The Kier molecular flexibility index (Phi) is 6.47. The number of rotatable bonds is 7. The highest BCUT2D eigenvalue weighted by Gasteiger charge is 2.24. The molecule has 0 unspecified atom stereocenters. The number of amides is 1. The minimum absolute atomic E-state index is 0.0436. The van der Waals surface area contributed by atoms with Crippen molar-refractivity contribution in [2.45, 2.75) is 25.7 Å². The van der Waals surface area contributed by atoms with Crippen molar-refractivity contribution in [3.05, 3.63) is 89.5 Å². The Hall–Kier alpha value is -3.98. The largest absolute Gasteiger partial charge is 0.403 e. The Morgan fingerprint density at radius 3 is 2.32 bits per heavy atom. The normalized spacial score (nSPS) is 11.3. The number of benzene rings is 3. The lowest BCUT2D eigenvalue weighted by molar-refractivity contribution is 0.102. The molecular weight excluding hydrogens is 452 g/mol. The molecule has 0 spiro atoms. The van der Waals surface area contributed by atoms with Gasteiger partial charge in [0.05, 0.1) is 10.6 Å². The summed E-state index contributed by atoms with van der Waals surface area (Å²) in [7, 11) is -3.78. The van der Waals surface area contributed by atoms with Gasteiger partial charge in [0.1, 0.15) is 0 Å². The highest BCUT2D eigenvalue weighted by atomic mass is 32.2. The van der Waals surface area contributed by atoms with E-state index in [-0.39, 0.29) is 23.0 Å². The molecule has 1 aromatic heterocycles. The number of para-hydroxylation sites is 1. The molecule has 1 amide bonds. The van der Waals surface area contributed by atoms with E-state index in [4.69, 9.17) is 4.42 Å². The van der Waals surface area contributed by atoms with Crippen LogP contribution in [0.1, 0.15) is 28.4 Å². The van der Waals surface area contributed by atoms with Crippen LogP contribution in [-0.4, -0.2) is 31.1 Å². The molecule has 4 aromatic rings. The molecular formula is C25H24N4O4S. The zero-order valence-electron chi connectivity index (χ0n) is 19.0. The first-order valence-corrected chi connectivity index (χ1v) is 12.1. The molecule has 4 rings (SSSR count). The van der Waals surface area contributed by atoms with Gasteiger partial charge in [-0.15, -0.1) is 5.10 Å². The first-order valence-electron chi connectivity index (χ1n) is 10.7. The van der Waals surface area contributed by atoms with E-state index in [1.54, 1.807) is 31.2 Å². The maximum Gasteiger partial charge on any atom is 0.322 e. The Labute approximate surface area is 198 Å². The van der Waals surface area contributed by atoms with Crippen LogP contribution in [0.5, 0.6) is 0 Å². The molecule has 0 saturated heterocycles. The van der Waals surface area contributed by atoms with E-state index in [1.807, 2.05) is 38.1 Å². The standard InChI is InChI=1S/C25H24N4O4S/c1-4-29(20-8-6-5-7-9-20)34(31,32)21-13-11-19(12-14-21)23(30)26-25-28-27-24(33-25)22-15-10-17(2)16-18(22)3/h5-16H,4H2,1-3H3,(H,26,28,30). The SMILES string of the molecule is CCN(c1ccccc1)S(=O)(=O)c1ccc(C(=O)Nc2nnc(-c3ccc(C)cc3C)o2)cc1. The Morgan fingerprint density at radius 2 is 1.68 bits per heavy atom. The number of hydrogen-bond donors (Lipinski definition) is 1. The molecule has 3 aromatic carbocycles. The van der Waals surface area contributed by atoms with Gasteiger partial charge < -0.3 is 4.42 Å². The van der Waals surface area contributed by atoms with Crippen molar-refractivity contribution in [1.82, 2.24) is 10.2 Å². The fraction of sp³-hybridized carbons (Fsp3) is 0.160. The zero-order valence-corrected chi connectivity index (χ0v) is 19.8. The van der Waals surface area contributed by atoms with E-state index in [0.29, 0.717) is 11.6 Å². The van der Waals surface area contributed by atoms with Crippen molar-refractivity contribution in [3.63, 3.8) is 0 Å². The van der Waals surface area contributed by atoms with Crippen LogP contribution in [0.15, 0.2) is 82.1 Å². The maximum atomic E-state index is 13.1. The summed E-state index contributed by atoms with van der Waals surface area (Å²) in [6, 6.07) is 20.4. The third-order valence-corrected chi connectivity index (χ3v) is 7.21. The summed E-state index contributed by atoms with van der Waals surface area (Å²) in [5.41, 5.74) is 3.71. The van der Waals surface area contributed by atoms with Crippen molar-refractivity contribution < 1.29 is 17.6 Å². The number of anilines is 2. The summed E-state index contributed by atoms with van der Waals surface area (Å²) >= 11 is 0. The average Bonchev–Trinajstić information content (AvgIpc) is 3.28. The lowest BCUT2D eigenvalue weighted by Gasteiger charge is -2.22. The predicted molar refractivity (Wildman–Crippen MR) is 130 cm³/mol. The van der Waals surface area contributed by atoms with Crippen LogP contribution in [0, 0.1) is 13.8 Å². The van der Waals surface area contributed by atoms with Crippen LogP contribution in [0.3, 0.4) is 0 Å². The van der Waals surface area contributed by atoms with Crippen LogP contribution >= 0.6 is 0 Å². The van der Waals surface area contributed by atoms with Gasteiger partial charge in [-0.3, -0.25) is 14.4 Å². The van der Waals surface area contributed by atoms with Crippen molar-refractivity contribution in [2.75, 3.05) is 16.2 Å². The number of carbonyl (C=O) groups is 1. The summed E-state index contributed by atoms with van der Waals surface area (Å²) in [5.74, 6) is -0.190. The molecule has 0 aliphatic carbocycles. The minimum Gasteiger partial charge on any atom is -0.403 e.